The van der Waals surface area contributed by atoms with E-state index in [9.17, 15) is 9.18 Å². The number of aromatic nitrogens is 2. The van der Waals surface area contributed by atoms with E-state index < -0.39 is 0 Å². The number of ether oxygens (including phenoxy) is 1. The van der Waals surface area contributed by atoms with Crippen LogP contribution in [-0.4, -0.2) is 40.8 Å². The van der Waals surface area contributed by atoms with Gasteiger partial charge in [0.1, 0.15) is 11.6 Å². The number of hydrogen-bond acceptors (Lipinski definition) is 5. The van der Waals surface area contributed by atoms with Crippen LogP contribution < -0.4 is 10.3 Å². The minimum Gasteiger partial charge on any atom is -0.497 e. The normalized spacial score (nSPS) is 17.3. The van der Waals surface area contributed by atoms with Crippen molar-refractivity contribution in [3.8, 4) is 5.75 Å². The largest absolute Gasteiger partial charge is 0.497 e. The summed E-state index contributed by atoms with van der Waals surface area (Å²) in [6.07, 6.45) is 3.72. The van der Waals surface area contributed by atoms with Crippen LogP contribution in [0.15, 0.2) is 28.0 Å². The average Bonchev–Trinajstić information content (AvgIpc) is 2.70. The zero-order valence-corrected chi connectivity index (χ0v) is 15.4. The van der Waals surface area contributed by atoms with Crippen molar-refractivity contribution in [2.45, 2.75) is 38.8 Å². The smallest absolute Gasteiger partial charge is 0.255 e. The van der Waals surface area contributed by atoms with Crippen LogP contribution >= 0.6 is 0 Å². The van der Waals surface area contributed by atoms with Gasteiger partial charge in [0.25, 0.3) is 5.56 Å². The summed E-state index contributed by atoms with van der Waals surface area (Å²) in [4.78, 5) is 26.8. The number of hydrogen-bond donors (Lipinski definition) is 1. The summed E-state index contributed by atoms with van der Waals surface area (Å²) in [5.41, 5.74) is 2.91. The zero-order chi connectivity index (χ0) is 18.8. The molecule has 1 aromatic heterocycles. The third-order valence-electron chi connectivity index (χ3n) is 5.20. The van der Waals surface area contributed by atoms with Gasteiger partial charge in [-0.05, 0) is 25.3 Å². The first-order chi connectivity index (χ1) is 13.1. The standard InChI is InChI=1S/C20H23FN4O2/c1-27-14-6-5-13(16(21)10-14)11-25-9-7-17-15(12-25)20(26)24-19(23-17)18-4-2-3-8-22-18/h5-6,10H,2-4,7-9,11-12H2,1H3,(H,23,24,26). The van der Waals surface area contributed by atoms with E-state index in [4.69, 9.17) is 4.74 Å². The van der Waals surface area contributed by atoms with Crippen molar-refractivity contribution < 1.29 is 9.13 Å². The lowest BCUT2D eigenvalue weighted by Gasteiger charge is -2.28. The number of nitrogens with zero attached hydrogens (tertiary/aromatic N) is 3. The van der Waals surface area contributed by atoms with Crippen LogP contribution in [0.3, 0.4) is 0 Å². The highest BCUT2D eigenvalue weighted by Crippen LogP contribution is 2.21. The Morgan fingerprint density at radius 2 is 2.19 bits per heavy atom. The summed E-state index contributed by atoms with van der Waals surface area (Å²) in [7, 11) is 1.52. The van der Waals surface area contributed by atoms with Gasteiger partial charge in [-0.1, -0.05) is 6.07 Å². The zero-order valence-electron chi connectivity index (χ0n) is 15.4. The van der Waals surface area contributed by atoms with Crippen molar-refractivity contribution >= 4 is 5.71 Å². The van der Waals surface area contributed by atoms with Gasteiger partial charge in [-0.2, -0.15) is 0 Å². The molecule has 0 aliphatic carbocycles. The molecule has 0 atom stereocenters. The van der Waals surface area contributed by atoms with Crippen molar-refractivity contribution in [2.75, 3.05) is 20.2 Å². The molecule has 1 aromatic carbocycles. The fourth-order valence-electron chi connectivity index (χ4n) is 3.67. The lowest BCUT2D eigenvalue weighted by atomic mass is 10.0. The first kappa shape index (κ1) is 17.9. The molecule has 0 saturated carbocycles. The molecule has 27 heavy (non-hydrogen) atoms. The molecule has 2 aliphatic heterocycles. The van der Waals surface area contributed by atoms with Crippen molar-refractivity contribution in [3.63, 3.8) is 0 Å². The number of fused-ring (bicyclic) bond motifs is 1. The van der Waals surface area contributed by atoms with Gasteiger partial charge in [0.15, 0.2) is 5.82 Å². The quantitative estimate of drug-likeness (QED) is 0.897. The van der Waals surface area contributed by atoms with E-state index in [-0.39, 0.29) is 11.4 Å². The summed E-state index contributed by atoms with van der Waals surface area (Å²) < 4.78 is 19.3. The molecule has 0 fully saturated rings. The summed E-state index contributed by atoms with van der Waals surface area (Å²) in [5, 5.41) is 0. The number of aliphatic imine (C=N–C) groups is 1. The first-order valence-electron chi connectivity index (χ1n) is 9.34. The van der Waals surface area contributed by atoms with Crippen molar-refractivity contribution in [1.29, 1.82) is 0 Å². The molecular formula is C20H23FN4O2. The highest BCUT2D eigenvalue weighted by Gasteiger charge is 2.23. The maximum atomic E-state index is 14.2. The van der Waals surface area contributed by atoms with E-state index in [1.807, 2.05) is 0 Å². The number of halogens is 1. The molecular weight excluding hydrogens is 347 g/mol. The van der Waals surface area contributed by atoms with Crippen LogP contribution in [0.25, 0.3) is 0 Å². The van der Waals surface area contributed by atoms with E-state index in [1.165, 1.54) is 13.2 Å². The molecule has 4 rings (SSSR count). The molecule has 0 amide bonds. The molecule has 0 bridgehead atoms. The Morgan fingerprint density at radius 1 is 1.30 bits per heavy atom. The molecule has 6 nitrogen and oxygen atoms in total. The van der Waals surface area contributed by atoms with Gasteiger partial charge in [-0.25, -0.2) is 9.37 Å². The van der Waals surface area contributed by atoms with Crippen LogP contribution in [-0.2, 0) is 19.5 Å². The Bertz CT molecular complexity index is 938. The van der Waals surface area contributed by atoms with Gasteiger partial charge in [0, 0.05) is 44.2 Å². The van der Waals surface area contributed by atoms with E-state index in [1.54, 1.807) is 12.1 Å². The number of aromatic amines is 1. The third kappa shape index (κ3) is 3.78. The van der Waals surface area contributed by atoms with Crippen molar-refractivity contribution in [2.24, 2.45) is 4.99 Å². The van der Waals surface area contributed by atoms with Gasteiger partial charge in [0.2, 0.25) is 0 Å². The lowest BCUT2D eigenvalue weighted by Crippen LogP contribution is -2.36. The number of methoxy groups -OCH3 is 1. The number of H-pyrrole nitrogens is 1. The molecule has 7 heteroatoms. The summed E-state index contributed by atoms with van der Waals surface area (Å²) in [6.45, 7) is 2.46. The fourth-order valence-corrected chi connectivity index (χ4v) is 3.67. The molecule has 0 unspecified atom stereocenters. The topological polar surface area (TPSA) is 70.6 Å². The molecule has 0 radical (unpaired) electrons. The average molecular weight is 370 g/mol. The van der Waals surface area contributed by atoms with Crippen LogP contribution in [0.5, 0.6) is 5.75 Å². The van der Waals surface area contributed by atoms with Crippen LogP contribution in [0.4, 0.5) is 4.39 Å². The summed E-state index contributed by atoms with van der Waals surface area (Å²) >= 11 is 0. The van der Waals surface area contributed by atoms with Gasteiger partial charge < -0.3 is 9.72 Å². The predicted molar refractivity (Wildman–Crippen MR) is 101 cm³/mol. The van der Waals surface area contributed by atoms with Gasteiger partial charge in [-0.15, -0.1) is 0 Å². The Kier molecular flexibility index (Phi) is 5.03. The third-order valence-corrected chi connectivity index (χ3v) is 5.20. The van der Waals surface area contributed by atoms with Crippen molar-refractivity contribution in [1.82, 2.24) is 14.9 Å². The lowest BCUT2D eigenvalue weighted by molar-refractivity contribution is 0.238. The Morgan fingerprint density at radius 3 is 2.93 bits per heavy atom. The van der Waals surface area contributed by atoms with Gasteiger partial charge in [-0.3, -0.25) is 14.7 Å². The number of nitrogens with one attached hydrogen (secondary N) is 1. The second-order valence-corrected chi connectivity index (χ2v) is 7.04. The Hall–Kier alpha value is -2.54. The van der Waals surface area contributed by atoms with Crippen LogP contribution in [0, 0.1) is 5.82 Å². The minimum absolute atomic E-state index is 0.108. The van der Waals surface area contributed by atoms with Crippen LogP contribution in [0.1, 0.15) is 41.9 Å². The SMILES string of the molecule is COc1ccc(CN2CCc3nc(C4=NCCCC4)[nH]c(=O)c3C2)c(F)c1. The van der Waals surface area contributed by atoms with Crippen molar-refractivity contribution in [3.05, 3.63) is 57.0 Å². The summed E-state index contributed by atoms with van der Waals surface area (Å²) in [6, 6.07) is 4.87. The Labute approximate surface area is 157 Å². The maximum absolute atomic E-state index is 14.2. The first-order valence-corrected chi connectivity index (χ1v) is 9.34. The molecule has 0 spiro atoms. The molecule has 1 N–H and O–H groups in total. The summed E-state index contributed by atoms with van der Waals surface area (Å²) in [5.74, 6) is 0.824. The predicted octanol–water partition coefficient (Wildman–Crippen LogP) is 2.45. The molecule has 3 heterocycles. The highest BCUT2D eigenvalue weighted by molar-refractivity contribution is 5.97. The van der Waals surface area contributed by atoms with E-state index >= 15 is 0 Å². The molecule has 2 aliphatic rings. The Balaban J connectivity index is 1.53. The number of rotatable bonds is 4. The number of benzene rings is 1. The van der Waals surface area contributed by atoms with Gasteiger partial charge >= 0.3 is 0 Å². The minimum atomic E-state index is -0.294. The maximum Gasteiger partial charge on any atom is 0.255 e. The van der Waals surface area contributed by atoms with Gasteiger partial charge in [0.05, 0.1) is 24.1 Å². The van der Waals surface area contributed by atoms with E-state index in [2.05, 4.69) is 19.9 Å². The highest BCUT2D eigenvalue weighted by atomic mass is 19.1. The second-order valence-electron chi connectivity index (χ2n) is 7.04. The molecule has 142 valence electrons. The molecule has 0 saturated heterocycles. The monoisotopic (exact) mass is 370 g/mol. The van der Waals surface area contributed by atoms with E-state index in [0.717, 1.165) is 43.8 Å². The second kappa shape index (κ2) is 7.60. The fraction of sp³-hybridized carbons (Fsp3) is 0.450. The molecule has 2 aromatic rings. The van der Waals surface area contributed by atoms with E-state index in [0.29, 0.717) is 42.2 Å². The van der Waals surface area contributed by atoms with Crippen LogP contribution in [0.2, 0.25) is 0 Å².